The number of hydrogen-bond acceptors (Lipinski definition) is 10. The van der Waals surface area contributed by atoms with E-state index in [0.29, 0.717) is 0 Å². The van der Waals surface area contributed by atoms with E-state index in [0.717, 1.165) is 13.8 Å². The highest BCUT2D eigenvalue weighted by Gasteiger charge is 2.53. The van der Waals surface area contributed by atoms with Crippen molar-refractivity contribution in [3.05, 3.63) is 0 Å². The van der Waals surface area contributed by atoms with Crippen LogP contribution >= 0.6 is 0 Å². The topological polar surface area (TPSA) is 147 Å². The number of carbonyl (C=O) groups excluding carboxylic acids is 2. The van der Waals surface area contributed by atoms with E-state index in [-0.39, 0.29) is 5.90 Å². The first kappa shape index (κ1) is 18.6. The van der Waals surface area contributed by atoms with E-state index in [1.54, 1.807) is 6.92 Å². The van der Waals surface area contributed by atoms with Crippen LogP contribution in [0.5, 0.6) is 0 Å². The Morgan fingerprint density at radius 3 is 2.33 bits per heavy atom. The average Bonchev–Trinajstić information content (AvgIpc) is 2.78. The van der Waals surface area contributed by atoms with Gasteiger partial charge in [-0.2, -0.15) is 8.42 Å². The summed E-state index contributed by atoms with van der Waals surface area (Å²) in [5, 5.41) is 0. The summed E-state index contributed by atoms with van der Waals surface area (Å²) in [5.74, 6) is -1.11. The largest absolute Gasteiger partial charge is 0.456 e. The van der Waals surface area contributed by atoms with Crippen molar-refractivity contribution in [1.29, 1.82) is 0 Å². The highest BCUT2D eigenvalue weighted by Crippen LogP contribution is 2.32. The molecule has 2 aliphatic rings. The van der Waals surface area contributed by atoms with Gasteiger partial charge in [-0.25, -0.2) is 9.18 Å². The van der Waals surface area contributed by atoms with Crippen LogP contribution in [0.4, 0.5) is 0 Å². The van der Waals surface area contributed by atoms with Gasteiger partial charge in [0.05, 0.1) is 6.61 Å². The molecule has 136 valence electrons. The first-order valence-corrected chi connectivity index (χ1v) is 8.26. The van der Waals surface area contributed by atoms with Crippen LogP contribution in [-0.4, -0.2) is 68.1 Å². The molecule has 0 bridgehead atoms. The summed E-state index contributed by atoms with van der Waals surface area (Å²) in [4.78, 5) is 26.9. The Morgan fingerprint density at radius 1 is 1.21 bits per heavy atom. The summed E-state index contributed by atoms with van der Waals surface area (Å²) >= 11 is 0. The lowest BCUT2D eigenvalue weighted by molar-refractivity contribution is -0.246. The molecule has 0 radical (unpaired) electrons. The van der Waals surface area contributed by atoms with Gasteiger partial charge in [0.25, 0.3) is 0 Å². The molecular formula is C12H17NO10S. The minimum Gasteiger partial charge on any atom is -0.456 e. The van der Waals surface area contributed by atoms with Crippen LogP contribution in [0.25, 0.3) is 0 Å². The van der Waals surface area contributed by atoms with Crippen LogP contribution in [0.3, 0.4) is 0 Å². The molecule has 0 amide bonds. The summed E-state index contributed by atoms with van der Waals surface area (Å²) in [6.45, 7) is 3.15. The first-order chi connectivity index (χ1) is 11.1. The molecule has 2 aliphatic heterocycles. The van der Waals surface area contributed by atoms with Crippen LogP contribution in [0, 0.1) is 0 Å². The molecule has 2 rings (SSSR count). The first-order valence-electron chi connectivity index (χ1n) is 6.89. The fraction of sp³-hybridized carbons (Fsp3) is 0.750. The summed E-state index contributed by atoms with van der Waals surface area (Å²) in [7, 11) is -4.75. The maximum atomic E-state index is 11.4. The van der Waals surface area contributed by atoms with Crippen molar-refractivity contribution >= 4 is 28.2 Å². The molecular weight excluding hydrogens is 350 g/mol. The quantitative estimate of drug-likeness (QED) is 0.484. The third-order valence-electron chi connectivity index (χ3n) is 3.22. The van der Waals surface area contributed by atoms with E-state index in [9.17, 15) is 18.0 Å². The number of carbonyl (C=O) groups is 2. The number of aliphatic imine (C=N–C) groups is 1. The summed E-state index contributed by atoms with van der Waals surface area (Å²) in [6.07, 6.45) is -4.43. The molecule has 0 unspecified atom stereocenters. The van der Waals surface area contributed by atoms with Gasteiger partial charge in [0.1, 0.15) is 6.10 Å². The monoisotopic (exact) mass is 367 g/mol. The van der Waals surface area contributed by atoms with Gasteiger partial charge in [0.2, 0.25) is 6.29 Å². The Balaban J connectivity index is 2.28. The molecule has 0 aliphatic carbocycles. The van der Waals surface area contributed by atoms with E-state index >= 15 is 0 Å². The predicted molar refractivity (Wildman–Crippen MR) is 75.3 cm³/mol. The van der Waals surface area contributed by atoms with E-state index in [2.05, 4.69) is 9.18 Å². The highest BCUT2D eigenvalue weighted by atomic mass is 32.3. The highest BCUT2D eigenvalue weighted by molar-refractivity contribution is 7.80. The molecule has 0 aromatic carbocycles. The van der Waals surface area contributed by atoms with Crippen molar-refractivity contribution in [3.63, 3.8) is 0 Å². The molecule has 12 heteroatoms. The minimum absolute atomic E-state index is 0.264. The summed E-state index contributed by atoms with van der Waals surface area (Å²) in [6, 6.07) is -0.791. The van der Waals surface area contributed by atoms with Crippen LogP contribution in [0.1, 0.15) is 20.8 Å². The fourth-order valence-electron chi connectivity index (χ4n) is 2.48. The minimum atomic E-state index is -4.75. The van der Waals surface area contributed by atoms with Crippen LogP contribution in [0.15, 0.2) is 4.99 Å². The van der Waals surface area contributed by atoms with Gasteiger partial charge < -0.3 is 18.9 Å². The molecule has 0 aromatic heterocycles. The fourth-order valence-corrected chi connectivity index (χ4v) is 2.79. The van der Waals surface area contributed by atoms with Crippen molar-refractivity contribution < 1.29 is 45.7 Å². The zero-order valence-electron chi connectivity index (χ0n) is 13.1. The van der Waals surface area contributed by atoms with Gasteiger partial charge in [0.15, 0.2) is 24.1 Å². The molecule has 2 heterocycles. The van der Waals surface area contributed by atoms with Gasteiger partial charge in [-0.05, 0) is 0 Å². The van der Waals surface area contributed by atoms with E-state index < -0.39 is 59.6 Å². The van der Waals surface area contributed by atoms with Gasteiger partial charge in [-0.3, -0.25) is 14.1 Å². The lowest BCUT2D eigenvalue weighted by Gasteiger charge is -2.40. The number of hydrogen-bond donors (Lipinski definition) is 1. The van der Waals surface area contributed by atoms with Crippen molar-refractivity contribution in [2.45, 2.75) is 51.4 Å². The normalized spacial score (nSPS) is 32.3. The van der Waals surface area contributed by atoms with Gasteiger partial charge in [-0.1, -0.05) is 0 Å². The second-order valence-corrected chi connectivity index (χ2v) is 6.25. The molecule has 5 atom stereocenters. The number of ether oxygens (including phenoxy) is 4. The van der Waals surface area contributed by atoms with E-state index in [1.165, 1.54) is 0 Å². The second kappa shape index (κ2) is 7.01. The van der Waals surface area contributed by atoms with Crippen molar-refractivity contribution in [3.8, 4) is 0 Å². The van der Waals surface area contributed by atoms with Crippen molar-refractivity contribution in [1.82, 2.24) is 0 Å². The van der Waals surface area contributed by atoms with E-state index in [1.807, 2.05) is 0 Å². The van der Waals surface area contributed by atoms with Crippen LogP contribution in [-0.2, 0) is 43.1 Å². The van der Waals surface area contributed by atoms with Crippen molar-refractivity contribution in [2.75, 3.05) is 6.61 Å². The molecule has 0 saturated carbocycles. The molecule has 24 heavy (non-hydrogen) atoms. The number of nitrogens with zero attached hydrogens (tertiary/aromatic N) is 1. The van der Waals surface area contributed by atoms with Crippen molar-refractivity contribution in [2.24, 2.45) is 4.99 Å². The lowest BCUT2D eigenvalue weighted by atomic mass is 9.97. The Labute approximate surface area is 137 Å². The third-order valence-corrected chi connectivity index (χ3v) is 3.65. The average molecular weight is 367 g/mol. The summed E-state index contributed by atoms with van der Waals surface area (Å²) in [5.41, 5.74) is 0. The zero-order valence-corrected chi connectivity index (χ0v) is 13.9. The number of rotatable bonds is 5. The molecule has 0 aromatic rings. The molecule has 1 fully saturated rings. The second-order valence-electron chi connectivity index (χ2n) is 5.16. The SMILES string of the molecule is CC(=O)O[C@@H]1[C@H]2N=C(C)O[C@H]2O[C@H](COS(=O)(=O)O)[C@H]1OC(C)=O. The van der Waals surface area contributed by atoms with Crippen LogP contribution in [0.2, 0.25) is 0 Å². The molecule has 0 spiro atoms. The Morgan fingerprint density at radius 2 is 1.79 bits per heavy atom. The van der Waals surface area contributed by atoms with E-state index in [4.69, 9.17) is 23.5 Å². The summed E-state index contributed by atoms with van der Waals surface area (Å²) < 4.78 is 55.6. The Kier molecular flexibility index (Phi) is 5.42. The number of esters is 2. The maximum absolute atomic E-state index is 11.4. The lowest BCUT2D eigenvalue weighted by Crippen LogP contribution is -2.60. The van der Waals surface area contributed by atoms with Gasteiger partial charge in [-0.15, -0.1) is 0 Å². The standard InChI is InChI=1S/C12H17NO10S/c1-5-13-9-11(22-7(3)15)10(21-6(2)14)8(23-12(9)20-5)4-19-24(16,17)18/h8-12H,4H2,1-3H3,(H,16,17,18)/t8-,9-,10-,11-,12+/m1/s1. The molecule has 1 saturated heterocycles. The Hall–Kier alpha value is -1.76. The Bertz CT molecular complexity index is 644. The van der Waals surface area contributed by atoms with Gasteiger partial charge >= 0.3 is 22.3 Å². The predicted octanol–water partition coefficient (Wildman–Crippen LogP) is -0.789. The molecule has 11 nitrogen and oxygen atoms in total. The van der Waals surface area contributed by atoms with Crippen LogP contribution < -0.4 is 0 Å². The number of fused-ring (bicyclic) bond motifs is 1. The smallest absolute Gasteiger partial charge is 0.397 e. The maximum Gasteiger partial charge on any atom is 0.397 e. The molecule has 1 N–H and O–H groups in total. The van der Waals surface area contributed by atoms with Gasteiger partial charge in [0, 0.05) is 20.8 Å². The zero-order chi connectivity index (χ0) is 18.1. The third kappa shape index (κ3) is 4.63.